The fourth-order valence-electron chi connectivity index (χ4n) is 3.04. The van der Waals surface area contributed by atoms with Gasteiger partial charge in [0.25, 0.3) is 0 Å². The molecule has 0 aromatic heterocycles. The molecule has 1 aromatic rings. The van der Waals surface area contributed by atoms with Gasteiger partial charge < -0.3 is 4.74 Å². The van der Waals surface area contributed by atoms with E-state index in [0.29, 0.717) is 18.4 Å². The Kier molecular flexibility index (Phi) is 6.57. The zero-order chi connectivity index (χ0) is 17.7. The van der Waals surface area contributed by atoms with Crippen molar-refractivity contribution in [1.82, 2.24) is 0 Å². The predicted octanol–water partition coefficient (Wildman–Crippen LogP) is 6.05. The Labute approximate surface area is 136 Å². The van der Waals surface area contributed by atoms with E-state index in [-0.39, 0.29) is 18.3 Å². The van der Waals surface area contributed by atoms with Gasteiger partial charge in [-0.15, -0.1) is 0 Å². The maximum Gasteiger partial charge on any atom is 0.387 e. The summed E-state index contributed by atoms with van der Waals surface area (Å²) < 4.78 is 79.8. The molecule has 0 heterocycles. The number of alkyl halides is 4. The Morgan fingerprint density at radius 2 is 1.58 bits per heavy atom. The van der Waals surface area contributed by atoms with Crippen LogP contribution in [0.5, 0.6) is 5.75 Å². The Morgan fingerprint density at radius 1 is 1.00 bits per heavy atom. The maximum absolute atomic E-state index is 13.8. The number of benzene rings is 1. The number of hydrogen-bond acceptors (Lipinski definition) is 1. The Bertz CT molecular complexity index is 541. The van der Waals surface area contributed by atoms with Crippen molar-refractivity contribution in [2.45, 2.75) is 51.1 Å². The van der Waals surface area contributed by atoms with Crippen molar-refractivity contribution in [3.8, 4) is 5.75 Å². The van der Waals surface area contributed by atoms with Gasteiger partial charge in [0.15, 0.2) is 17.4 Å². The lowest BCUT2D eigenvalue weighted by atomic mass is 9.78. The highest BCUT2D eigenvalue weighted by molar-refractivity contribution is 5.33. The first kappa shape index (κ1) is 18.7. The standard InChI is InChI=1S/C17H18F6O/c18-13-8-12(9-14(19)16(13)24-17(22)23)11-6-4-10(5-7-11)2-1-3-15(20)21/h1-2,8-11,15,17H,3-7H2/t10-,11-. The summed E-state index contributed by atoms with van der Waals surface area (Å²) >= 11 is 0. The van der Waals surface area contributed by atoms with E-state index in [1.807, 2.05) is 0 Å². The monoisotopic (exact) mass is 352 g/mol. The number of rotatable bonds is 6. The molecule has 1 fully saturated rings. The van der Waals surface area contributed by atoms with Crippen LogP contribution in [0.25, 0.3) is 0 Å². The smallest absolute Gasteiger partial charge is 0.387 e. The molecule has 0 radical (unpaired) electrons. The zero-order valence-corrected chi connectivity index (χ0v) is 12.8. The average molecular weight is 352 g/mol. The second kappa shape index (κ2) is 8.44. The lowest BCUT2D eigenvalue weighted by Crippen LogP contribution is -2.13. The average Bonchev–Trinajstić information content (AvgIpc) is 2.51. The van der Waals surface area contributed by atoms with Crippen LogP contribution in [0.1, 0.15) is 43.6 Å². The van der Waals surface area contributed by atoms with Crippen LogP contribution in [0, 0.1) is 17.6 Å². The molecule has 0 saturated heterocycles. The highest BCUT2D eigenvalue weighted by Gasteiger charge is 2.24. The van der Waals surface area contributed by atoms with Crippen molar-refractivity contribution in [2.75, 3.05) is 0 Å². The minimum atomic E-state index is -3.30. The lowest BCUT2D eigenvalue weighted by Gasteiger charge is -2.27. The highest BCUT2D eigenvalue weighted by atomic mass is 19.3. The van der Waals surface area contributed by atoms with E-state index in [1.54, 1.807) is 6.08 Å². The van der Waals surface area contributed by atoms with Crippen LogP contribution in [0.4, 0.5) is 26.3 Å². The first-order valence-electron chi connectivity index (χ1n) is 7.75. The van der Waals surface area contributed by atoms with Crippen molar-refractivity contribution in [2.24, 2.45) is 5.92 Å². The van der Waals surface area contributed by atoms with Crippen LogP contribution in [0.3, 0.4) is 0 Å². The molecule has 24 heavy (non-hydrogen) atoms. The fraction of sp³-hybridized carbons (Fsp3) is 0.529. The van der Waals surface area contributed by atoms with Crippen LogP contribution >= 0.6 is 0 Å². The third kappa shape index (κ3) is 5.18. The lowest BCUT2D eigenvalue weighted by molar-refractivity contribution is -0.0546. The van der Waals surface area contributed by atoms with Gasteiger partial charge in [-0.05, 0) is 55.2 Å². The molecule has 0 aliphatic heterocycles. The molecule has 1 aliphatic rings. The number of ether oxygens (including phenoxy) is 1. The van der Waals surface area contributed by atoms with Crippen molar-refractivity contribution in [3.63, 3.8) is 0 Å². The number of halogens is 6. The molecule has 2 rings (SSSR count). The Hall–Kier alpha value is -1.66. The first-order chi connectivity index (χ1) is 11.4. The van der Waals surface area contributed by atoms with Crippen LogP contribution in [-0.2, 0) is 0 Å². The summed E-state index contributed by atoms with van der Waals surface area (Å²) in [5.74, 6) is -3.28. The Morgan fingerprint density at radius 3 is 2.08 bits per heavy atom. The molecule has 0 spiro atoms. The minimum Gasteiger partial charge on any atom is -0.429 e. The minimum absolute atomic E-state index is 0.0886. The van der Waals surface area contributed by atoms with Crippen molar-refractivity contribution in [1.29, 1.82) is 0 Å². The van der Waals surface area contributed by atoms with Crippen molar-refractivity contribution < 1.29 is 31.1 Å². The van der Waals surface area contributed by atoms with E-state index < -0.39 is 30.4 Å². The van der Waals surface area contributed by atoms with Gasteiger partial charge in [-0.2, -0.15) is 8.78 Å². The largest absolute Gasteiger partial charge is 0.429 e. The SMILES string of the molecule is Fc1cc([C@H]2CC[C@H](C=CCC(F)F)CC2)cc(F)c1OC(F)F. The van der Waals surface area contributed by atoms with Gasteiger partial charge in [-0.1, -0.05) is 12.2 Å². The molecule has 1 aromatic carbocycles. The normalized spacial score (nSPS) is 21.8. The molecule has 0 N–H and O–H groups in total. The van der Waals surface area contributed by atoms with Crippen LogP contribution in [0.15, 0.2) is 24.3 Å². The molecule has 0 atom stereocenters. The summed E-state index contributed by atoms with van der Waals surface area (Å²) in [6, 6.07) is 2.05. The topological polar surface area (TPSA) is 9.23 Å². The van der Waals surface area contributed by atoms with E-state index in [9.17, 15) is 26.3 Å². The van der Waals surface area contributed by atoms with E-state index in [0.717, 1.165) is 25.0 Å². The molecule has 0 bridgehead atoms. The summed E-state index contributed by atoms with van der Waals surface area (Å²) in [5, 5.41) is 0. The second-order valence-corrected chi connectivity index (χ2v) is 5.86. The highest BCUT2D eigenvalue weighted by Crippen LogP contribution is 2.38. The molecule has 7 heteroatoms. The molecule has 134 valence electrons. The molecule has 0 amide bonds. The summed E-state index contributed by atoms with van der Waals surface area (Å²) in [6.07, 6.45) is 3.34. The van der Waals surface area contributed by atoms with Gasteiger partial charge in [-0.3, -0.25) is 0 Å². The van der Waals surface area contributed by atoms with Gasteiger partial charge in [-0.25, -0.2) is 17.6 Å². The molecule has 1 nitrogen and oxygen atoms in total. The molecule has 0 unspecified atom stereocenters. The van der Waals surface area contributed by atoms with Gasteiger partial charge in [0, 0.05) is 6.42 Å². The molecule has 1 saturated carbocycles. The van der Waals surface area contributed by atoms with Gasteiger partial charge >= 0.3 is 6.61 Å². The van der Waals surface area contributed by atoms with E-state index in [4.69, 9.17) is 0 Å². The predicted molar refractivity (Wildman–Crippen MR) is 77.5 cm³/mol. The van der Waals surface area contributed by atoms with Crippen molar-refractivity contribution in [3.05, 3.63) is 41.5 Å². The molecular formula is C17H18F6O. The molecule has 1 aliphatic carbocycles. The van der Waals surface area contributed by atoms with E-state index >= 15 is 0 Å². The zero-order valence-electron chi connectivity index (χ0n) is 12.8. The van der Waals surface area contributed by atoms with Gasteiger partial charge in [0.2, 0.25) is 6.43 Å². The summed E-state index contributed by atoms with van der Waals surface area (Å²) in [6.45, 7) is -3.30. The van der Waals surface area contributed by atoms with Crippen molar-refractivity contribution >= 4 is 0 Å². The van der Waals surface area contributed by atoms with Crippen LogP contribution in [-0.4, -0.2) is 13.0 Å². The van der Waals surface area contributed by atoms with Crippen LogP contribution < -0.4 is 4.74 Å². The first-order valence-corrected chi connectivity index (χ1v) is 7.75. The quantitative estimate of drug-likeness (QED) is 0.447. The van der Waals surface area contributed by atoms with Crippen LogP contribution in [0.2, 0.25) is 0 Å². The summed E-state index contributed by atoms with van der Waals surface area (Å²) in [5.41, 5.74) is 0.404. The maximum atomic E-state index is 13.8. The van der Waals surface area contributed by atoms with Gasteiger partial charge in [0.1, 0.15) is 0 Å². The third-order valence-corrected chi connectivity index (χ3v) is 4.19. The fourth-order valence-corrected chi connectivity index (χ4v) is 3.04. The third-order valence-electron chi connectivity index (χ3n) is 4.19. The second-order valence-electron chi connectivity index (χ2n) is 5.86. The molecular weight excluding hydrogens is 334 g/mol. The Balaban J connectivity index is 1.98. The van der Waals surface area contributed by atoms with Gasteiger partial charge in [0.05, 0.1) is 0 Å². The summed E-state index contributed by atoms with van der Waals surface area (Å²) in [7, 11) is 0. The number of allylic oxidation sites excluding steroid dienone is 2. The summed E-state index contributed by atoms with van der Waals surface area (Å²) in [4.78, 5) is 0. The number of hydrogen-bond donors (Lipinski definition) is 0. The van der Waals surface area contributed by atoms with E-state index in [2.05, 4.69) is 4.74 Å². The van der Waals surface area contributed by atoms with E-state index in [1.165, 1.54) is 6.08 Å².